The minimum absolute atomic E-state index is 0.0301. The second-order valence-electron chi connectivity index (χ2n) is 9.76. The molecule has 2 amide bonds. The van der Waals surface area contributed by atoms with Crippen LogP contribution in [0.5, 0.6) is 5.75 Å². The number of ether oxygens (including phenoxy) is 1. The quantitative estimate of drug-likeness (QED) is 0.279. The number of methoxy groups -OCH3 is 1. The van der Waals surface area contributed by atoms with E-state index in [-0.39, 0.29) is 40.6 Å². The van der Waals surface area contributed by atoms with E-state index in [0.29, 0.717) is 17.7 Å². The molecule has 0 unspecified atom stereocenters. The van der Waals surface area contributed by atoms with E-state index in [1.54, 1.807) is 25.3 Å². The lowest BCUT2D eigenvalue weighted by atomic mass is 10.0. The van der Waals surface area contributed by atoms with Crippen LogP contribution in [0.4, 0.5) is 5.69 Å². The summed E-state index contributed by atoms with van der Waals surface area (Å²) in [6, 6.07) is 19.8. The van der Waals surface area contributed by atoms with E-state index in [0.717, 1.165) is 16.1 Å². The molecule has 41 heavy (non-hydrogen) atoms. The first-order valence-corrected chi connectivity index (χ1v) is 15.7. The van der Waals surface area contributed by atoms with Crippen molar-refractivity contribution < 1.29 is 22.7 Å². The maximum absolute atomic E-state index is 14.2. The number of amides is 2. The van der Waals surface area contributed by atoms with Gasteiger partial charge in [0.05, 0.1) is 24.1 Å². The van der Waals surface area contributed by atoms with Crippen LogP contribution in [0, 0.1) is 0 Å². The Kier molecular flexibility index (Phi) is 11.5. The van der Waals surface area contributed by atoms with Crippen molar-refractivity contribution in [3.8, 4) is 5.75 Å². The molecule has 0 aliphatic rings. The Hall–Kier alpha value is -3.27. The van der Waals surface area contributed by atoms with Crippen molar-refractivity contribution in [2.45, 2.75) is 45.3 Å². The highest BCUT2D eigenvalue weighted by Crippen LogP contribution is 2.31. The number of carbonyl (C=O) groups is 2. The number of carbonyl (C=O) groups excluding carboxylic acids is 2. The predicted molar refractivity (Wildman–Crippen MR) is 164 cm³/mol. The van der Waals surface area contributed by atoms with E-state index in [4.69, 9.17) is 27.9 Å². The Morgan fingerprint density at radius 1 is 0.976 bits per heavy atom. The van der Waals surface area contributed by atoms with Gasteiger partial charge < -0.3 is 15.0 Å². The molecule has 0 bridgehead atoms. The summed E-state index contributed by atoms with van der Waals surface area (Å²) < 4.78 is 32.1. The topological polar surface area (TPSA) is 96.0 Å². The third-order valence-electron chi connectivity index (χ3n) is 6.62. The molecule has 0 aromatic heterocycles. The first-order valence-electron chi connectivity index (χ1n) is 13.1. The summed E-state index contributed by atoms with van der Waals surface area (Å²) in [6.45, 7) is 3.28. The normalized spacial score (nSPS) is 12.7. The Morgan fingerprint density at radius 2 is 1.66 bits per heavy atom. The van der Waals surface area contributed by atoms with Crippen molar-refractivity contribution >= 4 is 50.7 Å². The zero-order valence-electron chi connectivity index (χ0n) is 23.5. The van der Waals surface area contributed by atoms with Crippen LogP contribution >= 0.6 is 23.2 Å². The summed E-state index contributed by atoms with van der Waals surface area (Å²) in [6.07, 6.45) is 1.90. The third-order valence-corrected chi connectivity index (χ3v) is 8.30. The number of nitrogens with one attached hydrogen (secondary N) is 1. The number of benzene rings is 3. The summed E-state index contributed by atoms with van der Waals surface area (Å²) in [5.41, 5.74) is 1.62. The minimum atomic E-state index is -3.97. The van der Waals surface area contributed by atoms with Crippen LogP contribution in [0.1, 0.15) is 31.4 Å². The molecular weight excluding hydrogens is 585 g/mol. The van der Waals surface area contributed by atoms with Crippen LogP contribution in [-0.2, 0) is 32.6 Å². The number of rotatable bonds is 13. The van der Waals surface area contributed by atoms with E-state index < -0.39 is 28.5 Å². The number of hydrogen-bond donors (Lipinski definition) is 1. The van der Waals surface area contributed by atoms with Gasteiger partial charge in [-0.05, 0) is 54.8 Å². The van der Waals surface area contributed by atoms with Crippen LogP contribution in [-0.4, -0.2) is 57.1 Å². The first kappa shape index (κ1) is 32.2. The van der Waals surface area contributed by atoms with Gasteiger partial charge >= 0.3 is 0 Å². The molecule has 0 heterocycles. The SMILES string of the molecule is CC[C@@H](C)NC(=O)[C@@H](Cc1ccccc1)N(Cc1cccc(OC)c1)C(=O)CN(c1cc(Cl)ccc1Cl)S(C)(=O)=O. The molecule has 0 spiro atoms. The molecule has 1 N–H and O–H groups in total. The molecule has 0 fully saturated rings. The molecule has 0 aliphatic carbocycles. The fourth-order valence-electron chi connectivity index (χ4n) is 4.23. The van der Waals surface area contributed by atoms with Gasteiger partial charge in [-0.3, -0.25) is 13.9 Å². The van der Waals surface area contributed by atoms with Crippen LogP contribution in [0.3, 0.4) is 0 Å². The van der Waals surface area contributed by atoms with Crippen molar-refractivity contribution in [1.29, 1.82) is 0 Å². The Balaban J connectivity index is 2.10. The molecule has 0 radical (unpaired) electrons. The lowest BCUT2D eigenvalue weighted by molar-refractivity contribution is -0.140. The zero-order chi connectivity index (χ0) is 30.2. The Morgan fingerprint density at radius 3 is 2.29 bits per heavy atom. The van der Waals surface area contributed by atoms with Gasteiger partial charge in [0.2, 0.25) is 21.8 Å². The number of halogens is 2. The second kappa shape index (κ2) is 14.6. The van der Waals surface area contributed by atoms with Gasteiger partial charge in [0, 0.05) is 24.0 Å². The van der Waals surface area contributed by atoms with Gasteiger partial charge in [0.15, 0.2) is 0 Å². The van der Waals surface area contributed by atoms with E-state index in [2.05, 4.69) is 5.32 Å². The van der Waals surface area contributed by atoms with Crippen LogP contribution < -0.4 is 14.4 Å². The van der Waals surface area contributed by atoms with Crippen molar-refractivity contribution in [2.24, 2.45) is 0 Å². The lowest BCUT2D eigenvalue weighted by Crippen LogP contribution is -2.54. The highest BCUT2D eigenvalue weighted by molar-refractivity contribution is 7.92. The summed E-state index contributed by atoms with van der Waals surface area (Å²) in [5, 5.41) is 3.37. The number of hydrogen-bond acceptors (Lipinski definition) is 5. The molecule has 0 saturated heterocycles. The van der Waals surface area contributed by atoms with Crippen molar-refractivity contribution in [3.05, 3.63) is 94.0 Å². The van der Waals surface area contributed by atoms with Crippen molar-refractivity contribution in [2.75, 3.05) is 24.2 Å². The summed E-state index contributed by atoms with van der Waals surface area (Å²) >= 11 is 12.5. The van der Waals surface area contributed by atoms with E-state index >= 15 is 0 Å². The smallest absolute Gasteiger partial charge is 0.244 e. The molecule has 220 valence electrons. The van der Waals surface area contributed by atoms with Gasteiger partial charge in [-0.15, -0.1) is 0 Å². The summed E-state index contributed by atoms with van der Waals surface area (Å²) in [5.74, 6) is -0.345. The maximum Gasteiger partial charge on any atom is 0.244 e. The fourth-order valence-corrected chi connectivity index (χ4v) is 5.52. The molecule has 8 nitrogen and oxygen atoms in total. The second-order valence-corrected chi connectivity index (χ2v) is 12.5. The highest BCUT2D eigenvalue weighted by atomic mass is 35.5. The Bertz CT molecular complexity index is 1450. The number of anilines is 1. The minimum Gasteiger partial charge on any atom is -0.497 e. The average Bonchev–Trinajstić information content (AvgIpc) is 2.94. The highest BCUT2D eigenvalue weighted by Gasteiger charge is 2.34. The largest absolute Gasteiger partial charge is 0.497 e. The number of nitrogens with zero attached hydrogens (tertiary/aromatic N) is 2. The molecule has 2 atom stereocenters. The van der Waals surface area contributed by atoms with Crippen LogP contribution in [0.2, 0.25) is 10.0 Å². The molecule has 3 aromatic rings. The molecule has 3 aromatic carbocycles. The maximum atomic E-state index is 14.2. The van der Waals surface area contributed by atoms with Crippen LogP contribution in [0.15, 0.2) is 72.8 Å². The number of sulfonamides is 1. The fraction of sp³-hybridized carbons (Fsp3) is 0.333. The molecule has 0 saturated carbocycles. The lowest BCUT2D eigenvalue weighted by Gasteiger charge is -2.34. The van der Waals surface area contributed by atoms with E-state index in [1.165, 1.54) is 23.1 Å². The molecular formula is C30H35Cl2N3O5S. The average molecular weight is 621 g/mol. The monoisotopic (exact) mass is 619 g/mol. The Labute approximate surface area is 252 Å². The predicted octanol–water partition coefficient (Wildman–Crippen LogP) is 5.32. The van der Waals surface area contributed by atoms with Crippen molar-refractivity contribution in [1.82, 2.24) is 10.2 Å². The molecule has 3 rings (SSSR count). The summed E-state index contributed by atoms with van der Waals surface area (Å²) in [4.78, 5) is 29.3. The first-order chi connectivity index (χ1) is 19.4. The van der Waals surface area contributed by atoms with Gasteiger partial charge in [-0.2, -0.15) is 0 Å². The van der Waals surface area contributed by atoms with Gasteiger partial charge in [0.1, 0.15) is 18.3 Å². The molecule has 11 heteroatoms. The van der Waals surface area contributed by atoms with Crippen LogP contribution in [0.25, 0.3) is 0 Å². The third kappa shape index (κ3) is 9.11. The van der Waals surface area contributed by atoms with E-state index in [1.807, 2.05) is 50.2 Å². The summed E-state index contributed by atoms with van der Waals surface area (Å²) in [7, 11) is -2.43. The standard InChI is InChI=1S/C30H35Cl2N3O5S/c1-5-21(2)33-30(37)28(17-22-10-7-6-8-11-22)34(19-23-12-9-13-25(16-23)40-3)29(36)20-35(41(4,38)39)27-18-24(31)14-15-26(27)32/h6-16,18,21,28H,5,17,19-20H2,1-4H3,(H,33,37)/t21-,28-/m1/s1. The van der Waals surface area contributed by atoms with E-state index in [9.17, 15) is 18.0 Å². The van der Waals surface area contributed by atoms with Gasteiger partial charge in [-0.1, -0.05) is 72.6 Å². The van der Waals surface area contributed by atoms with Crippen molar-refractivity contribution in [3.63, 3.8) is 0 Å². The van der Waals surface area contributed by atoms with Gasteiger partial charge in [0.25, 0.3) is 0 Å². The zero-order valence-corrected chi connectivity index (χ0v) is 25.8. The molecule has 0 aliphatic heterocycles. The van der Waals surface area contributed by atoms with Gasteiger partial charge in [-0.25, -0.2) is 8.42 Å².